The molecule has 1 saturated heterocycles. The van der Waals surface area contributed by atoms with Crippen molar-refractivity contribution in [3.05, 3.63) is 41.2 Å². The number of nitrogens with zero attached hydrogens (tertiary/aromatic N) is 4. The van der Waals surface area contributed by atoms with E-state index in [4.69, 9.17) is 17.0 Å². The topological polar surface area (TPSA) is 45.6 Å². The van der Waals surface area contributed by atoms with Crippen molar-refractivity contribution in [1.29, 1.82) is 0 Å². The minimum atomic E-state index is 0.770. The Hall–Kier alpha value is -2.12. The standard InChI is InChI=1S/C19H27N5OS/c1-14-18(15(2)22(3)21-14)13-23-8-10-24(11-9-23)19(26)20-16-6-5-7-17(12-16)25-4/h5-7,12H,8-11,13H2,1-4H3,(H,20,26). The zero-order chi connectivity index (χ0) is 18.7. The van der Waals surface area contributed by atoms with Crippen LogP contribution in [0.4, 0.5) is 5.69 Å². The lowest BCUT2D eigenvalue weighted by Gasteiger charge is -2.36. The first-order chi connectivity index (χ1) is 12.5. The van der Waals surface area contributed by atoms with E-state index in [1.165, 1.54) is 11.3 Å². The largest absolute Gasteiger partial charge is 0.497 e. The number of rotatable bonds is 4. The van der Waals surface area contributed by atoms with E-state index in [0.29, 0.717) is 0 Å². The van der Waals surface area contributed by atoms with Crippen LogP contribution in [-0.2, 0) is 13.6 Å². The highest BCUT2D eigenvalue weighted by molar-refractivity contribution is 7.80. The molecule has 26 heavy (non-hydrogen) atoms. The fourth-order valence-electron chi connectivity index (χ4n) is 3.28. The average molecular weight is 374 g/mol. The zero-order valence-electron chi connectivity index (χ0n) is 16.0. The van der Waals surface area contributed by atoms with Gasteiger partial charge in [-0.05, 0) is 38.2 Å². The summed E-state index contributed by atoms with van der Waals surface area (Å²) >= 11 is 5.59. The molecule has 2 aromatic rings. The number of methoxy groups -OCH3 is 1. The van der Waals surface area contributed by atoms with Gasteiger partial charge in [-0.15, -0.1) is 0 Å². The summed E-state index contributed by atoms with van der Waals surface area (Å²) in [5.74, 6) is 0.824. The van der Waals surface area contributed by atoms with Gasteiger partial charge < -0.3 is 15.0 Å². The fourth-order valence-corrected chi connectivity index (χ4v) is 3.58. The first kappa shape index (κ1) is 18.7. The van der Waals surface area contributed by atoms with Crippen LogP contribution in [0.2, 0.25) is 0 Å². The number of hydrogen-bond acceptors (Lipinski definition) is 4. The Balaban J connectivity index is 1.53. The van der Waals surface area contributed by atoms with Crippen LogP contribution in [0.1, 0.15) is 17.0 Å². The monoisotopic (exact) mass is 373 g/mol. The van der Waals surface area contributed by atoms with E-state index >= 15 is 0 Å². The Morgan fingerprint density at radius 1 is 1.23 bits per heavy atom. The van der Waals surface area contributed by atoms with Crippen molar-refractivity contribution in [1.82, 2.24) is 19.6 Å². The van der Waals surface area contributed by atoms with Crippen LogP contribution in [0.3, 0.4) is 0 Å². The Labute approximate surface area is 160 Å². The molecule has 0 saturated carbocycles. The molecule has 0 amide bonds. The van der Waals surface area contributed by atoms with Crippen LogP contribution in [-0.4, -0.2) is 58.0 Å². The molecule has 0 spiro atoms. The summed E-state index contributed by atoms with van der Waals surface area (Å²) in [7, 11) is 3.68. The molecule has 6 nitrogen and oxygen atoms in total. The molecule has 1 aromatic carbocycles. The number of thiocarbonyl (C=S) groups is 1. The summed E-state index contributed by atoms with van der Waals surface area (Å²) < 4.78 is 7.23. The number of anilines is 1. The third kappa shape index (κ3) is 4.16. The lowest BCUT2D eigenvalue weighted by Crippen LogP contribution is -2.49. The second kappa shape index (κ2) is 8.05. The van der Waals surface area contributed by atoms with E-state index in [1.807, 2.05) is 36.0 Å². The van der Waals surface area contributed by atoms with Crippen molar-refractivity contribution in [2.24, 2.45) is 7.05 Å². The van der Waals surface area contributed by atoms with E-state index in [0.717, 1.165) is 55.0 Å². The molecular formula is C19H27N5OS. The maximum absolute atomic E-state index is 5.59. The van der Waals surface area contributed by atoms with Crippen LogP contribution in [0.15, 0.2) is 24.3 Å². The molecule has 0 atom stereocenters. The molecule has 0 radical (unpaired) electrons. The molecule has 2 heterocycles. The van der Waals surface area contributed by atoms with Crippen LogP contribution < -0.4 is 10.1 Å². The van der Waals surface area contributed by atoms with Gasteiger partial charge in [0.05, 0.1) is 12.8 Å². The summed E-state index contributed by atoms with van der Waals surface area (Å²) in [6.45, 7) is 9.02. The van der Waals surface area contributed by atoms with Gasteiger partial charge in [-0.3, -0.25) is 9.58 Å². The van der Waals surface area contributed by atoms with Crippen molar-refractivity contribution >= 4 is 23.0 Å². The molecule has 3 rings (SSSR count). The van der Waals surface area contributed by atoms with Crippen LogP contribution in [0.25, 0.3) is 0 Å². The van der Waals surface area contributed by atoms with Gasteiger partial charge in [-0.25, -0.2) is 0 Å². The number of benzene rings is 1. The first-order valence-electron chi connectivity index (χ1n) is 8.89. The number of aromatic nitrogens is 2. The molecule has 0 unspecified atom stereocenters. The van der Waals surface area contributed by atoms with Gasteiger partial charge in [0.1, 0.15) is 5.75 Å². The van der Waals surface area contributed by atoms with Gasteiger partial charge in [-0.1, -0.05) is 6.07 Å². The van der Waals surface area contributed by atoms with Crippen molar-refractivity contribution < 1.29 is 4.74 Å². The maximum atomic E-state index is 5.59. The highest BCUT2D eigenvalue weighted by atomic mass is 32.1. The van der Waals surface area contributed by atoms with E-state index in [2.05, 4.69) is 34.1 Å². The van der Waals surface area contributed by atoms with Gasteiger partial charge in [0.15, 0.2) is 5.11 Å². The molecule has 1 fully saturated rings. The van der Waals surface area contributed by atoms with E-state index in [1.54, 1.807) is 7.11 Å². The maximum Gasteiger partial charge on any atom is 0.173 e. The summed E-state index contributed by atoms with van der Waals surface area (Å²) in [6, 6.07) is 7.84. The minimum Gasteiger partial charge on any atom is -0.497 e. The third-order valence-electron chi connectivity index (χ3n) is 5.02. The minimum absolute atomic E-state index is 0.770. The van der Waals surface area contributed by atoms with Gasteiger partial charge in [0.25, 0.3) is 0 Å². The normalized spacial score (nSPS) is 15.2. The van der Waals surface area contributed by atoms with Crippen LogP contribution in [0.5, 0.6) is 5.75 Å². The molecule has 7 heteroatoms. The number of ether oxygens (including phenoxy) is 1. The summed E-state index contributed by atoms with van der Waals surface area (Å²) in [6.07, 6.45) is 0. The summed E-state index contributed by atoms with van der Waals surface area (Å²) in [5, 5.41) is 8.61. The molecular weight excluding hydrogens is 346 g/mol. The second-order valence-corrected chi connectivity index (χ2v) is 7.08. The Morgan fingerprint density at radius 2 is 1.96 bits per heavy atom. The average Bonchev–Trinajstić information content (AvgIpc) is 2.88. The van der Waals surface area contributed by atoms with Crippen molar-refractivity contribution in [3.63, 3.8) is 0 Å². The lowest BCUT2D eigenvalue weighted by molar-refractivity contribution is 0.176. The van der Waals surface area contributed by atoms with E-state index < -0.39 is 0 Å². The van der Waals surface area contributed by atoms with Crippen molar-refractivity contribution in [2.75, 3.05) is 38.6 Å². The molecule has 1 aromatic heterocycles. The smallest absolute Gasteiger partial charge is 0.173 e. The SMILES string of the molecule is COc1cccc(NC(=S)N2CCN(Cc3c(C)nn(C)c3C)CC2)c1. The highest BCUT2D eigenvalue weighted by Gasteiger charge is 2.21. The third-order valence-corrected chi connectivity index (χ3v) is 5.38. The number of piperazine rings is 1. The molecule has 1 aliphatic rings. The number of aryl methyl sites for hydroxylation is 2. The molecule has 0 bridgehead atoms. The zero-order valence-corrected chi connectivity index (χ0v) is 16.8. The van der Waals surface area contributed by atoms with Gasteiger partial charge in [-0.2, -0.15) is 5.10 Å². The van der Waals surface area contributed by atoms with E-state index in [-0.39, 0.29) is 0 Å². The molecule has 0 aliphatic carbocycles. The predicted octanol–water partition coefficient (Wildman–Crippen LogP) is 2.56. The van der Waals surface area contributed by atoms with Gasteiger partial charge in [0.2, 0.25) is 0 Å². The Bertz CT molecular complexity index is 780. The van der Waals surface area contributed by atoms with Crippen molar-refractivity contribution in [2.45, 2.75) is 20.4 Å². The van der Waals surface area contributed by atoms with Gasteiger partial charge >= 0.3 is 0 Å². The van der Waals surface area contributed by atoms with Crippen LogP contribution >= 0.6 is 12.2 Å². The predicted molar refractivity (Wildman–Crippen MR) is 109 cm³/mol. The fraction of sp³-hybridized carbons (Fsp3) is 0.474. The lowest BCUT2D eigenvalue weighted by atomic mass is 10.1. The van der Waals surface area contributed by atoms with Gasteiger partial charge in [0, 0.05) is 62.8 Å². The molecule has 140 valence electrons. The quantitative estimate of drug-likeness (QED) is 0.831. The number of nitrogens with one attached hydrogen (secondary N) is 1. The Kier molecular flexibility index (Phi) is 5.78. The molecule has 1 N–H and O–H groups in total. The van der Waals surface area contributed by atoms with Crippen molar-refractivity contribution in [3.8, 4) is 5.75 Å². The summed E-state index contributed by atoms with van der Waals surface area (Å²) in [4.78, 5) is 4.70. The number of hydrogen-bond donors (Lipinski definition) is 1. The highest BCUT2D eigenvalue weighted by Crippen LogP contribution is 2.19. The van der Waals surface area contributed by atoms with Crippen LogP contribution in [0, 0.1) is 13.8 Å². The van der Waals surface area contributed by atoms with E-state index in [9.17, 15) is 0 Å². The molecule has 1 aliphatic heterocycles. The first-order valence-corrected chi connectivity index (χ1v) is 9.30. The summed E-state index contributed by atoms with van der Waals surface area (Å²) in [5.41, 5.74) is 4.68. The second-order valence-electron chi connectivity index (χ2n) is 6.70. The Morgan fingerprint density at radius 3 is 2.58 bits per heavy atom.